The van der Waals surface area contributed by atoms with Crippen molar-refractivity contribution in [3.05, 3.63) is 53.3 Å². The second-order valence-corrected chi connectivity index (χ2v) is 6.88. The van der Waals surface area contributed by atoms with Crippen molar-refractivity contribution in [1.82, 2.24) is 14.7 Å². The van der Waals surface area contributed by atoms with Crippen LogP contribution in [0.3, 0.4) is 0 Å². The van der Waals surface area contributed by atoms with Gasteiger partial charge in [-0.1, -0.05) is 43.2 Å². The summed E-state index contributed by atoms with van der Waals surface area (Å²) in [5, 5.41) is 14.9. The van der Waals surface area contributed by atoms with E-state index in [1.54, 1.807) is 18.1 Å². The van der Waals surface area contributed by atoms with Gasteiger partial charge in [-0.3, -0.25) is 9.48 Å². The van der Waals surface area contributed by atoms with E-state index in [0.29, 0.717) is 18.7 Å². The van der Waals surface area contributed by atoms with Crippen LogP contribution in [0.1, 0.15) is 47.3 Å². The molecule has 1 aliphatic rings. The molecule has 0 atom stereocenters. The van der Waals surface area contributed by atoms with Gasteiger partial charge in [0, 0.05) is 19.3 Å². The van der Waals surface area contributed by atoms with Crippen LogP contribution in [0, 0.1) is 6.92 Å². The average molecular weight is 327 g/mol. The van der Waals surface area contributed by atoms with Crippen LogP contribution in [0.4, 0.5) is 0 Å². The predicted molar refractivity (Wildman–Crippen MR) is 92.9 cm³/mol. The number of benzene rings is 1. The summed E-state index contributed by atoms with van der Waals surface area (Å²) in [6, 6.07) is 10.1. The maximum Gasteiger partial charge on any atom is 0.257 e. The molecule has 1 fully saturated rings. The van der Waals surface area contributed by atoms with Crippen molar-refractivity contribution in [1.29, 1.82) is 0 Å². The summed E-state index contributed by atoms with van der Waals surface area (Å²) in [6.07, 6.45) is 5.25. The van der Waals surface area contributed by atoms with Gasteiger partial charge < -0.3 is 10.0 Å². The Hall–Kier alpha value is -2.14. The number of hydrogen-bond donors (Lipinski definition) is 1. The molecule has 2 aromatic rings. The van der Waals surface area contributed by atoms with Crippen LogP contribution >= 0.6 is 0 Å². The lowest BCUT2D eigenvalue weighted by Gasteiger charge is -2.28. The number of nitrogens with zero attached hydrogens (tertiary/aromatic N) is 3. The number of rotatable bonds is 5. The lowest BCUT2D eigenvalue weighted by molar-refractivity contribution is 0.0156. The fraction of sp³-hybridized carbons (Fsp3) is 0.474. The van der Waals surface area contributed by atoms with Gasteiger partial charge in [-0.2, -0.15) is 5.10 Å². The van der Waals surface area contributed by atoms with E-state index in [2.05, 4.69) is 5.10 Å². The molecule has 5 nitrogen and oxygen atoms in total. The lowest BCUT2D eigenvalue weighted by atomic mass is 10.0. The van der Waals surface area contributed by atoms with Gasteiger partial charge in [-0.05, 0) is 25.3 Å². The number of hydrogen-bond acceptors (Lipinski definition) is 3. The number of aromatic nitrogens is 2. The third kappa shape index (κ3) is 3.51. The van der Waals surface area contributed by atoms with E-state index in [0.717, 1.165) is 36.9 Å². The van der Waals surface area contributed by atoms with Gasteiger partial charge in [0.1, 0.15) is 0 Å². The number of amides is 1. The van der Waals surface area contributed by atoms with Crippen LogP contribution in [0.15, 0.2) is 36.5 Å². The molecule has 1 saturated carbocycles. The van der Waals surface area contributed by atoms with E-state index in [4.69, 9.17) is 0 Å². The molecule has 1 aromatic carbocycles. The molecule has 1 heterocycles. The molecule has 0 radical (unpaired) electrons. The summed E-state index contributed by atoms with van der Waals surface area (Å²) < 4.78 is 1.85. The van der Waals surface area contributed by atoms with Crippen molar-refractivity contribution < 1.29 is 9.90 Å². The summed E-state index contributed by atoms with van der Waals surface area (Å²) >= 11 is 0. The summed E-state index contributed by atoms with van der Waals surface area (Å²) in [6.45, 7) is 2.95. The second kappa shape index (κ2) is 6.77. The Morgan fingerprint density at radius 1 is 1.29 bits per heavy atom. The van der Waals surface area contributed by atoms with Crippen LogP contribution in [0.2, 0.25) is 0 Å². The van der Waals surface area contributed by atoms with Crippen molar-refractivity contribution in [3.8, 4) is 0 Å². The maximum atomic E-state index is 12.7. The Bertz CT molecular complexity index is 703. The highest BCUT2D eigenvalue weighted by Gasteiger charge is 2.34. The molecule has 128 valence electrons. The topological polar surface area (TPSA) is 58.4 Å². The zero-order chi connectivity index (χ0) is 17.2. The van der Waals surface area contributed by atoms with E-state index in [1.807, 2.05) is 41.9 Å². The summed E-state index contributed by atoms with van der Waals surface area (Å²) in [7, 11) is 1.76. The average Bonchev–Trinajstić information content (AvgIpc) is 3.15. The predicted octanol–water partition coefficient (Wildman–Crippen LogP) is 2.62. The van der Waals surface area contributed by atoms with E-state index < -0.39 is 5.60 Å². The third-order valence-electron chi connectivity index (χ3n) is 4.92. The molecule has 0 bridgehead atoms. The molecule has 0 saturated heterocycles. The molecule has 1 aliphatic carbocycles. The largest absolute Gasteiger partial charge is 0.388 e. The Morgan fingerprint density at radius 3 is 2.62 bits per heavy atom. The van der Waals surface area contributed by atoms with Crippen molar-refractivity contribution >= 4 is 5.91 Å². The first-order valence-corrected chi connectivity index (χ1v) is 8.53. The molecular formula is C19H25N3O2. The minimum Gasteiger partial charge on any atom is -0.388 e. The van der Waals surface area contributed by atoms with Gasteiger partial charge in [0.15, 0.2) is 0 Å². The Morgan fingerprint density at radius 2 is 1.96 bits per heavy atom. The molecule has 0 unspecified atom stereocenters. The standard InChI is InChI=1S/C19H25N3O2/c1-15-17(12-20-22(15)13-16-8-4-3-5-9-16)18(23)21(2)14-19(24)10-6-7-11-19/h3-5,8-9,12,24H,6-7,10-11,13-14H2,1-2H3. The van der Waals surface area contributed by atoms with Gasteiger partial charge in [0.25, 0.3) is 5.91 Å². The fourth-order valence-electron chi connectivity index (χ4n) is 3.48. The lowest BCUT2D eigenvalue weighted by Crippen LogP contribution is -2.42. The van der Waals surface area contributed by atoms with Crippen molar-refractivity contribution in [3.63, 3.8) is 0 Å². The van der Waals surface area contributed by atoms with Crippen molar-refractivity contribution in [2.45, 2.75) is 44.8 Å². The minimum absolute atomic E-state index is 0.0767. The van der Waals surface area contributed by atoms with Gasteiger partial charge >= 0.3 is 0 Å². The molecule has 0 aliphatic heterocycles. The zero-order valence-corrected chi connectivity index (χ0v) is 14.4. The van der Waals surface area contributed by atoms with Gasteiger partial charge in [0.05, 0.1) is 23.9 Å². The highest BCUT2D eigenvalue weighted by atomic mass is 16.3. The molecule has 1 amide bonds. The molecule has 0 spiro atoms. The first kappa shape index (κ1) is 16.7. The number of likely N-dealkylation sites (N-methyl/N-ethyl adjacent to an activating group) is 1. The molecule has 1 N–H and O–H groups in total. The van der Waals surface area contributed by atoms with Crippen molar-refractivity contribution in [2.75, 3.05) is 13.6 Å². The summed E-state index contributed by atoms with van der Waals surface area (Å²) in [4.78, 5) is 14.3. The molecule has 3 rings (SSSR count). The number of carbonyl (C=O) groups is 1. The first-order valence-electron chi connectivity index (χ1n) is 8.53. The fourth-order valence-corrected chi connectivity index (χ4v) is 3.48. The first-order chi connectivity index (χ1) is 11.5. The number of aliphatic hydroxyl groups is 1. The van der Waals surface area contributed by atoms with E-state index in [-0.39, 0.29) is 5.91 Å². The van der Waals surface area contributed by atoms with Crippen molar-refractivity contribution in [2.24, 2.45) is 0 Å². The minimum atomic E-state index is -0.724. The van der Waals surface area contributed by atoms with Gasteiger partial charge in [-0.15, -0.1) is 0 Å². The normalized spacial score (nSPS) is 16.3. The summed E-state index contributed by atoms with van der Waals surface area (Å²) in [5.41, 5.74) is 1.89. The van der Waals surface area contributed by atoms with Crippen LogP contribution in [-0.2, 0) is 6.54 Å². The van der Waals surface area contributed by atoms with Gasteiger partial charge in [0.2, 0.25) is 0 Å². The van der Waals surface area contributed by atoms with Crippen LogP contribution in [-0.4, -0.2) is 44.9 Å². The molecule has 5 heteroatoms. The van der Waals surface area contributed by atoms with E-state index in [1.165, 1.54) is 0 Å². The SMILES string of the molecule is Cc1c(C(=O)N(C)CC2(O)CCCC2)cnn1Cc1ccccc1. The summed E-state index contributed by atoms with van der Waals surface area (Å²) in [5.74, 6) is -0.0767. The Kier molecular flexibility index (Phi) is 4.71. The highest BCUT2D eigenvalue weighted by molar-refractivity contribution is 5.95. The van der Waals surface area contributed by atoms with Crippen LogP contribution in [0.25, 0.3) is 0 Å². The van der Waals surface area contributed by atoms with E-state index >= 15 is 0 Å². The smallest absolute Gasteiger partial charge is 0.257 e. The molecule has 24 heavy (non-hydrogen) atoms. The maximum absolute atomic E-state index is 12.7. The quantitative estimate of drug-likeness (QED) is 0.918. The molecular weight excluding hydrogens is 302 g/mol. The molecule has 1 aromatic heterocycles. The zero-order valence-electron chi connectivity index (χ0n) is 14.4. The Balaban J connectivity index is 1.71. The third-order valence-corrected chi connectivity index (χ3v) is 4.92. The number of carbonyl (C=O) groups excluding carboxylic acids is 1. The Labute approximate surface area is 142 Å². The monoisotopic (exact) mass is 327 g/mol. The van der Waals surface area contributed by atoms with Crippen LogP contribution < -0.4 is 0 Å². The van der Waals surface area contributed by atoms with Gasteiger partial charge in [-0.25, -0.2) is 0 Å². The second-order valence-electron chi connectivity index (χ2n) is 6.88. The van der Waals surface area contributed by atoms with Crippen LogP contribution in [0.5, 0.6) is 0 Å². The highest BCUT2D eigenvalue weighted by Crippen LogP contribution is 2.30. The van der Waals surface area contributed by atoms with E-state index in [9.17, 15) is 9.90 Å².